The lowest BCUT2D eigenvalue weighted by Crippen LogP contribution is -2.18. The zero-order chi connectivity index (χ0) is 22.4. The Morgan fingerprint density at radius 1 is 1.19 bits per heavy atom. The monoisotopic (exact) mass is 443 g/mol. The second kappa shape index (κ2) is 7.87. The highest BCUT2D eigenvalue weighted by atomic mass is 32.2. The van der Waals surface area contributed by atoms with Crippen molar-refractivity contribution in [3.8, 4) is 11.6 Å². The van der Waals surface area contributed by atoms with Gasteiger partial charge in [-0.2, -0.15) is 0 Å². The lowest BCUT2D eigenvalue weighted by molar-refractivity contribution is 0.576. The number of fused-ring (bicyclic) bond motifs is 1. The molecular formula is C22H29N5O3S. The summed E-state index contributed by atoms with van der Waals surface area (Å²) in [6.07, 6.45) is 2.87. The van der Waals surface area contributed by atoms with E-state index in [9.17, 15) is 8.42 Å². The van der Waals surface area contributed by atoms with E-state index in [0.717, 1.165) is 11.1 Å². The highest BCUT2D eigenvalue weighted by Gasteiger charge is 2.28. The quantitative estimate of drug-likeness (QED) is 0.531. The Bertz CT molecular complexity index is 1220. The average Bonchev–Trinajstić information content (AvgIpc) is 3.41. The molecule has 9 heteroatoms. The Balaban J connectivity index is 1.65. The first-order chi connectivity index (χ1) is 14.5. The van der Waals surface area contributed by atoms with Crippen molar-refractivity contribution < 1.29 is 12.8 Å². The number of nitrogens with two attached hydrogens (primary N) is 1. The van der Waals surface area contributed by atoms with Gasteiger partial charge >= 0.3 is 6.01 Å². The van der Waals surface area contributed by atoms with E-state index in [0.29, 0.717) is 30.5 Å². The fraction of sp³-hybridized carbons (Fsp3) is 0.500. The summed E-state index contributed by atoms with van der Waals surface area (Å²) in [4.78, 5) is 4.92. The van der Waals surface area contributed by atoms with Crippen LogP contribution in [-0.4, -0.2) is 35.9 Å². The maximum absolute atomic E-state index is 11.0. The molecule has 1 aliphatic carbocycles. The van der Waals surface area contributed by atoms with E-state index in [4.69, 9.17) is 14.5 Å². The number of aromatic nitrogens is 3. The normalized spacial score (nSPS) is 14.9. The van der Waals surface area contributed by atoms with Crippen molar-refractivity contribution in [3.63, 3.8) is 0 Å². The third-order valence-electron chi connectivity index (χ3n) is 5.53. The van der Waals surface area contributed by atoms with Crippen molar-refractivity contribution >= 4 is 26.9 Å². The van der Waals surface area contributed by atoms with Gasteiger partial charge in [-0.25, -0.2) is 18.5 Å². The zero-order valence-electron chi connectivity index (χ0n) is 18.4. The smallest absolute Gasteiger partial charge is 0.315 e. The molecule has 0 unspecified atom stereocenters. The molecule has 2 aromatic heterocycles. The molecule has 1 saturated carbocycles. The van der Waals surface area contributed by atoms with Crippen molar-refractivity contribution in [1.29, 1.82) is 0 Å². The summed E-state index contributed by atoms with van der Waals surface area (Å²) < 4.78 is 27.8. The second-order valence-electron chi connectivity index (χ2n) is 9.37. The molecule has 1 aromatic carbocycles. The van der Waals surface area contributed by atoms with E-state index in [1.165, 1.54) is 29.4 Å². The van der Waals surface area contributed by atoms with Crippen LogP contribution in [0.5, 0.6) is 0 Å². The third-order valence-corrected chi connectivity index (χ3v) is 6.38. The van der Waals surface area contributed by atoms with Gasteiger partial charge in [-0.05, 0) is 66.3 Å². The van der Waals surface area contributed by atoms with Crippen molar-refractivity contribution in [2.24, 2.45) is 5.14 Å². The molecule has 31 heavy (non-hydrogen) atoms. The van der Waals surface area contributed by atoms with Crippen LogP contribution in [0.1, 0.15) is 62.6 Å². The highest BCUT2D eigenvalue weighted by molar-refractivity contribution is 7.89. The van der Waals surface area contributed by atoms with Crippen LogP contribution >= 0.6 is 0 Å². The molecule has 0 atom stereocenters. The Hall–Kier alpha value is -2.52. The van der Waals surface area contributed by atoms with Crippen LogP contribution in [0.25, 0.3) is 22.5 Å². The lowest BCUT2D eigenvalue weighted by atomic mass is 9.83. The Morgan fingerprint density at radius 2 is 1.94 bits per heavy atom. The topological polar surface area (TPSA) is 124 Å². The summed E-state index contributed by atoms with van der Waals surface area (Å²) in [5.74, 6) is 0.888. The minimum atomic E-state index is -3.48. The lowest BCUT2D eigenvalue weighted by Gasteiger charge is -2.23. The number of rotatable bonds is 7. The molecule has 0 bridgehead atoms. The van der Waals surface area contributed by atoms with Gasteiger partial charge in [-0.1, -0.05) is 31.9 Å². The van der Waals surface area contributed by atoms with Crippen molar-refractivity contribution in [1.82, 2.24) is 15.2 Å². The number of nitrogens with zero attached hydrogens (tertiary/aromatic N) is 3. The largest absolute Gasteiger partial charge is 0.402 e. The van der Waals surface area contributed by atoms with Crippen LogP contribution in [0.3, 0.4) is 0 Å². The molecule has 166 valence electrons. The molecule has 0 spiro atoms. The van der Waals surface area contributed by atoms with Crippen molar-refractivity contribution in [2.75, 3.05) is 17.6 Å². The summed E-state index contributed by atoms with van der Waals surface area (Å²) in [7, 11) is -3.48. The molecule has 1 aliphatic rings. The minimum Gasteiger partial charge on any atom is -0.402 e. The van der Waals surface area contributed by atoms with E-state index in [1.54, 1.807) is 0 Å². The van der Waals surface area contributed by atoms with E-state index in [1.807, 2.05) is 6.07 Å². The van der Waals surface area contributed by atoms with Crippen LogP contribution in [0, 0.1) is 6.92 Å². The summed E-state index contributed by atoms with van der Waals surface area (Å²) in [5.41, 5.74) is 5.28. The third kappa shape index (κ3) is 5.04. The SMILES string of the molecule is Cc1cc(-c2nnc(NCCCS(N)(=O)=O)o2)nc2c(C(C)(C)C)cc(C3CC3)cc12. The fourth-order valence-corrected chi connectivity index (χ4v) is 4.26. The maximum atomic E-state index is 11.0. The molecular weight excluding hydrogens is 414 g/mol. The fourth-order valence-electron chi connectivity index (χ4n) is 3.71. The predicted octanol–water partition coefficient (Wildman–Crippen LogP) is 3.86. The van der Waals surface area contributed by atoms with Gasteiger partial charge < -0.3 is 9.73 Å². The molecule has 4 rings (SSSR count). The van der Waals surface area contributed by atoms with Gasteiger partial charge in [0, 0.05) is 11.9 Å². The van der Waals surface area contributed by atoms with Crippen LogP contribution in [-0.2, 0) is 15.4 Å². The summed E-state index contributed by atoms with van der Waals surface area (Å²) >= 11 is 0. The van der Waals surface area contributed by atoms with Crippen molar-refractivity contribution in [3.05, 3.63) is 34.9 Å². The second-order valence-corrected chi connectivity index (χ2v) is 11.1. The van der Waals surface area contributed by atoms with E-state index >= 15 is 0 Å². The van der Waals surface area contributed by atoms with Gasteiger partial charge in [0.15, 0.2) is 0 Å². The highest BCUT2D eigenvalue weighted by Crippen LogP contribution is 2.43. The number of benzene rings is 1. The van der Waals surface area contributed by atoms with Crippen LogP contribution in [0.2, 0.25) is 0 Å². The zero-order valence-corrected chi connectivity index (χ0v) is 19.2. The van der Waals surface area contributed by atoms with Crippen LogP contribution in [0.15, 0.2) is 22.6 Å². The van der Waals surface area contributed by atoms with E-state index < -0.39 is 10.0 Å². The molecule has 0 amide bonds. The van der Waals surface area contributed by atoms with Gasteiger partial charge in [-0.15, -0.1) is 5.10 Å². The number of primary sulfonamides is 1. The van der Waals surface area contributed by atoms with E-state index in [-0.39, 0.29) is 17.2 Å². The van der Waals surface area contributed by atoms with Crippen molar-refractivity contribution in [2.45, 2.75) is 58.3 Å². The number of aryl methyl sites for hydroxylation is 1. The van der Waals surface area contributed by atoms with Crippen LogP contribution < -0.4 is 10.5 Å². The molecule has 2 heterocycles. The Kier molecular flexibility index (Phi) is 5.51. The van der Waals surface area contributed by atoms with Gasteiger partial charge in [0.2, 0.25) is 10.0 Å². The number of nitrogens with one attached hydrogen (secondary N) is 1. The average molecular weight is 444 g/mol. The predicted molar refractivity (Wildman–Crippen MR) is 122 cm³/mol. The summed E-state index contributed by atoms with van der Waals surface area (Å²) in [6, 6.07) is 6.79. The molecule has 3 aromatic rings. The van der Waals surface area contributed by atoms with Gasteiger partial charge in [-0.3, -0.25) is 0 Å². The Labute approximate surface area is 182 Å². The summed E-state index contributed by atoms with van der Waals surface area (Å²) in [6.45, 7) is 9.06. The number of sulfonamides is 1. The molecule has 8 nitrogen and oxygen atoms in total. The number of anilines is 1. The minimum absolute atomic E-state index is 0.0495. The van der Waals surface area contributed by atoms with E-state index in [2.05, 4.69) is 55.3 Å². The maximum Gasteiger partial charge on any atom is 0.315 e. The van der Waals surface area contributed by atoms with Gasteiger partial charge in [0.05, 0.1) is 11.3 Å². The molecule has 0 aliphatic heterocycles. The summed E-state index contributed by atoms with van der Waals surface area (Å²) in [5, 5.41) is 17.2. The molecule has 0 saturated heterocycles. The first-order valence-corrected chi connectivity index (χ1v) is 12.3. The number of hydrogen-bond donors (Lipinski definition) is 2. The Morgan fingerprint density at radius 3 is 2.58 bits per heavy atom. The standard InChI is InChI=1S/C22H29N5O3S/c1-13-10-18(20-26-27-21(30-20)24-8-5-9-31(23,28)29)25-19-16(13)11-15(14-6-7-14)12-17(19)22(2,3)4/h10-12,14H,5-9H2,1-4H3,(H,24,27)(H2,23,28,29). The van der Waals surface area contributed by atoms with Gasteiger partial charge in [0.1, 0.15) is 5.69 Å². The van der Waals surface area contributed by atoms with Crippen LogP contribution in [0.4, 0.5) is 6.01 Å². The first kappa shape index (κ1) is 21.7. The van der Waals surface area contributed by atoms with Gasteiger partial charge in [0.25, 0.3) is 5.89 Å². The molecule has 0 radical (unpaired) electrons. The first-order valence-electron chi connectivity index (χ1n) is 10.6. The number of hydrogen-bond acceptors (Lipinski definition) is 7. The molecule has 1 fully saturated rings. The number of pyridine rings is 1. The molecule has 3 N–H and O–H groups in total.